The van der Waals surface area contributed by atoms with E-state index in [9.17, 15) is 4.79 Å². The molecule has 0 aliphatic heterocycles. The molecule has 0 spiro atoms. The van der Waals surface area contributed by atoms with Crippen LogP contribution < -0.4 is 14.8 Å². The van der Waals surface area contributed by atoms with Gasteiger partial charge in [-0.1, -0.05) is 48.7 Å². The summed E-state index contributed by atoms with van der Waals surface area (Å²) in [5.74, 6) is 1.85. The third-order valence-electron chi connectivity index (χ3n) is 6.36. The third kappa shape index (κ3) is 4.98. The smallest absolute Gasteiger partial charge is 0.223 e. The van der Waals surface area contributed by atoms with Gasteiger partial charge in [0.2, 0.25) is 5.95 Å². The second-order valence-corrected chi connectivity index (χ2v) is 9.18. The fourth-order valence-corrected chi connectivity index (χ4v) is 5.27. The monoisotopic (exact) mass is 499 g/mol. The van der Waals surface area contributed by atoms with Gasteiger partial charge in [-0.25, -0.2) is 9.97 Å². The molecule has 1 unspecified atom stereocenters. The van der Waals surface area contributed by atoms with Gasteiger partial charge in [-0.15, -0.1) is 0 Å². The molecule has 1 aliphatic rings. The molecule has 178 valence electrons. The molecule has 4 rings (SSSR count). The quantitative estimate of drug-likeness (QED) is 0.346. The summed E-state index contributed by atoms with van der Waals surface area (Å²) in [5, 5.41) is 5.12. The van der Waals surface area contributed by atoms with Crippen molar-refractivity contribution >= 4 is 45.8 Å². The van der Waals surface area contributed by atoms with Gasteiger partial charge in [0.15, 0.2) is 5.78 Å². The van der Waals surface area contributed by atoms with E-state index in [2.05, 4.69) is 16.9 Å². The number of anilines is 1. The van der Waals surface area contributed by atoms with E-state index >= 15 is 0 Å². The van der Waals surface area contributed by atoms with Crippen molar-refractivity contribution in [2.24, 2.45) is 5.92 Å². The van der Waals surface area contributed by atoms with Crippen molar-refractivity contribution in [2.45, 2.75) is 38.1 Å². The lowest BCUT2D eigenvalue weighted by atomic mass is 9.81. The molecule has 1 heterocycles. The molecule has 8 heteroatoms. The van der Waals surface area contributed by atoms with E-state index in [-0.39, 0.29) is 17.7 Å². The number of ketones is 1. The average molecular weight is 500 g/mol. The summed E-state index contributed by atoms with van der Waals surface area (Å²) in [5.41, 5.74) is 2.22. The van der Waals surface area contributed by atoms with Crippen LogP contribution in [0.3, 0.4) is 0 Å². The minimum atomic E-state index is 0.0807. The number of ether oxygens (including phenoxy) is 2. The zero-order valence-electron chi connectivity index (χ0n) is 19.2. The largest absolute Gasteiger partial charge is 0.495 e. The van der Waals surface area contributed by atoms with E-state index in [0.717, 1.165) is 42.1 Å². The number of methoxy groups -OCH3 is 2. The van der Waals surface area contributed by atoms with Gasteiger partial charge in [0.25, 0.3) is 0 Å². The Hall–Kier alpha value is -2.83. The molecule has 1 N–H and O–H groups in total. The number of benzene rings is 2. The number of aromatic nitrogens is 2. The summed E-state index contributed by atoms with van der Waals surface area (Å²) in [4.78, 5) is 21.2. The summed E-state index contributed by atoms with van der Waals surface area (Å²) in [6.07, 6.45) is 7.95. The fraction of sp³-hybridized carbons (Fsp3) is 0.346. The molecular weight excluding hydrogens is 473 g/mol. The van der Waals surface area contributed by atoms with E-state index in [1.165, 1.54) is 6.08 Å². The molecule has 3 aromatic rings. The Bertz CT molecular complexity index is 1200. The van der Waals surface area contributed by atoms with Gasteiger partial charge in [0.05, 0.1) is 29.8 Å². The van der Waals surface area contributed by atoms with Gasteiger partial charge in [0, 0.05) is 35.7 Å². The number of carbonyl (C=O) groups is 1. The third-order valence-corrected chi connectivity index (χ3v) is 7.11. The van der Waals surface area contributed by atoms with Crippen molar-refractivity contribution in [1.29, 1.82) is 0 Å². The first-order chi connectivity index (χ1) is 16.4. The highest BCUT2D eigenvalue weighted by Gasteiger charge is 2.27. The van der Waals surface area contributed by atoms with Crippen LogP contribution in [0.5, 0.6) is 11.5 Å². The van der Waals surface area contributed by atoms with Crippen LogP contribution in [0.25, 0.3) is 22.0 Å². The predicted molar refractivity (Wildman–Crippen MR) is 137 cm³/mol. The SMILES string of the molecule is C=CC(=O)C[C@H]1CCCCC1Nc1ncc2cc(-c3c(Cl)c(OC)cc(OC)c3Cl)ccc2n1. The molecule has 1 fully saturated rings. The van der Waals surface area contributed by atoms with Crippen molar-refractivity contribution in [3.8, 4) is 22.6 Å². The fourth-order valence-electron chi connectivity index (χ4n) is 4.55. The van der Waals surface area contributed by atoms with Crippen LogP contribution in [0.1, 0.15) is 32.1 Å². The minimum absolute atomic E-state index is 0.0807. The van der Waals surface area contributed by atoms with Crippen LogP contribution >= 0.6 is 23.2 Å². The highest BCUT2D eigenvalue weighted by molar-refractivity contribution is 6.41. The lowest BCUT2D eigenvalue weighted by molar-refractivity contribution is -0.115. The number of rotatable bonds is 8. The maximum absolute atomic E-state index is 11.9. The average Bonchev–Trinajstić information content (AvgIpc) is 2.85. The first-order valence-corrected chi connectivity index (χ1v) is 12.0. The lowest BCUT2D eigenvalue weighted by Gasteiger charge is -2.31. The van der Waals surface area contributed by atoms with E-state index in [0.29, 0.717) is 39.5 Å². The van der Waals surface area contributed by atoms with Crippen LogP contribution in [0.4, 0.5) is 5.95 Å². The predicted octanol–water partition coefficient (Wildman–Crippen LogP) is 6.74. The topological polar surface area (TPSA) is 73.3 Å². The summed E-state index contributed by atoms with van der Waals surface area (Å²) in [6, 6.07) is 7.60. The molecular formula is C26H27Cl2N3O3. The van der Waals surface area contributed by atoms with E-state index in [1.807, 2.05) is 18.2 Å². The first kappa shape index (κ1) is 24.3. The number of allylic oxidation sites excluding steroid dienone is 1. The number of fused-ring (bicyclic) bond motifs is 1. The highest BCUT2D eigenvalue weighted by atomic mass is 35.5. The van der Waals surface area contributed by atoms with Crippen LogP contribution in [0, 0.1) is 5.92 Å². The standard InChI is InChI=1S/C26H27Cl2N3O3/c1-4-18(32)12-15-7-5-6-8-19(15)30-26-29-14-17-11-16(9-10-20(17)31-26)23-24(27)21(33-2)13-22(34-3)25(23)28/h4,9-11,13-15,19H,1,5-8,12H2,2-3H3,(H,29,30,31)/t15-,19?/m1/s1. The Morgan fingerprint density at radius 2 is 1.85 bits per heavy atom. The maximum Gasteiger partial charge on any atom is 0.223 e. The van der Waals surface area contributed by atoms with Crippen molar-refractivity contribution in [3.05, 3.63) is 53.2 Å². The molecule has 0 amide bonds. The molecule has 2 atom stereocenters. The van der Waals surface area contributed by atoms with Crippen molar-refractivity contribution in [3.63, 3.8) is 0 Å². The Morgan fingerprint density at radius 3 is 2.53 bits per heavy atom. The Kier molecular flexibility index (Phi) is 7.59. The maximum atomic E-state index is 11.9. The summed E-state index contributed by atoms with van der Waals surface area (Å²) < 4.78 is 10.8. The van der Waals surface area contributed by atoms with Crippen LogP contribution in [-0.2, 0) is 4.79 Å². The van der Waals surface area contributed by atoms with Crippen molar-refractivity contribution in [1.82, 2.24) is 9.97 Å². The van der Waals surface area contributed by atoms with Gasteiger partial charge in [-0.2, -0.15) is 0 Å². The van der Waals surface area contributed by atoms with Crippen LogP contribution in [0.2, 0.25) is 10.0 Å². The molecule has 0 bridgehead atoms. The highest BCUT2D eigenvalue weighted by Crippen LogP contribution is 2.46. The molecule has 0 radical (unpaired) electrons. The zero-order valence-corrected chi connectivity index (χ0v) is 20.7. The van der Waals surface area contributed by atoms with Gasteiger partial charge in [-0.3, -0.25) is 4.79 Å². The molecule has 1 saturated carbocycles. The lowest BCUT2D eigenvalue weighted by Crippen LogP contribution is -2.34. The summed E-state index contributed by atoms with van der Waals surface area (Å²) in [7, 11) is 3.09. The van der Waals surface area contributed by atoms with Crippen molar-refractivity contribution in [2.75, 3.05) is 19.5 Å². The van der Waals surface area contributed by atoms with Crippen LogP contribution in [-0.4, -0.2) is 36.0 Å². The van der Waals surface area contributed by atoms with Gasteiger partial charge in [0.1, 0.15) is 11.5 Å². The molecule has 2 aromatic carbocycles. The van der Waals surface area contributed by atoms with Gasteiger partial charge >= 0.3 is 0 Å². The number of nitrogens with one attached hydrogen (secondary N) is 1. The molecule has 34 heavy (non-hydrogen) atoms. The number of hydrogen-bond donors (Lipinski definition) is 1. The Morgan fingerprint density at radius 1 is 1.15 bits per heavy atom. The van der Waals surface area contributed by atoms with Gasteiger partial charge < -0.3 is 14.8 Å². The normalized spacial score (nSPS) is 17.9. The molecule has 6 nitrogen and oxygen atoms in total. The van der Waals surface area contributed by atoms with E-state index in [4.69, 9.17) is 37.7 Å². The Labute approximate surface area is 209 Å². The second-order valence-electron chi connectivity index (χ2n) is 8.42. The molecule has 1 aromatic heterocycles. The van der Waals surface area contributed by atoms with E-state index < -0.39 is 0 Å². The van der Waals surface area contributed by atoms with Crippen LogP contribution in [0.15, 0.2) is 43.1 Å². The number of carbonyl (C=O) groups excluding carboxylic acids is 1. The van der Waals surface area contributed by atoms with Gasteiger partial charge in [-0.05, 0) is 42.5 Å². The Balaban J connectivity index is 1.63. The zero-order chi connectivity index (χ0) is 24.2. The number of halogens is 2. The summed E-state index contributed by atoms with van der Waals surface area (Å²) in [6.45, 7) is 3.60. The van der Waals surface area contributed by atoms with Crippen molar-refractivity contribution < 1.29 is 14.3 Å². The molecule has 1 aliphatic carbocycles. The number of nitrogens with zero attached hydrogens (tertiary/aromatic N) is 2. The summed E-state index contributed by atoms with van der Waals surface area (Å²) >= 11 is 13.2. The first-order valence-electron chi connectivity index (χ1n) is 11.2. The minimum Gasteiger partial charge on any atom is -0.495 e. The second kappa shape index (κ2) is 10.6. The molecule has 0 saturated heterocycles. The van der Waals surface area contributed by atoms with E-state index in [1.54, 1.807) is 26.5 Å². The number of hydrogen-bond acceptors (Lipinski definition) is 6.